The first-order valence-corrected chi connectivity index (χ1v) is 4.81. The van der Waals surface area contributed by atoms with E-state index in [0.717, 1.165) is 4.57 Å². The third kappa shape index (κ3) is 2.14. The maximum atomic E-state index is 11.5. The van der Waals surface area contributed by atoms with Crippen LogP contribution >= 0.6 is 11.6 Å². The predicted molar refractivity (Wildman–Crippen MR) is 57.8 cm³/mol. The Morgan fingerprint density at radius 3 is 2.75 bits per heavy atom. The summed E-state index contributed by atoms with van der Waals surface area (Å²) in [6.45, 7) is 0. The number of carbonyl (C=O) groups excluding carboxylic acids is 2. The zero-order chi connectivity index (χ0) is 12.3. The van der Waals surface area contributed by atoms with E-state index in [-0.39, 0.29) is 28.3 Å². The van der Waals surface area contributed by atoms with Crippen molar-refractivity contribution in [3.8, 4) is 0 Å². The minimum absolute atomic E-state index is 0.0313. The van der Waals surface area contributed by atoms with E-state index in [2.05, 4.69) is 4.74 Å². The van der Waals surface area contributed by atoms with Gasteiger partial charge in [-0.05, 0) is 5.56 Å². The number of aromatic nitrogens is 1. The quantitative estimate of drug-likeness (QED) is 0.442. The molecule has 0 N–H and O–H groups in total. The van der Waals surface area contributed by atoms with Crippen molar-refractivity contribution >= 4 is 23.9 Å². The summed E-state index contributed by atoms with van der Waals surface area (Å²) in [5.41, 5.74) is -0.0529. The number of esters is 1. The minimum Gasteiger partial charge on any atom is -0.465 e. The van der Waals surface area contributed by atoms with Crippen molar-refractivity contribution in [3.63, 3.8) is 0 Å². The summed E-state index contributed by atoms with van der Waals surface area (Å²) >= 11 is 5.86. The van der Waals surface area contributed by atoms with Gasteiger partial charge < -0.3 is 14.1 Å². The van der Waals surface area contributed by atoms with Crippen LogP contribution in [0.3, 0.4) is 0 Å². The molecule has 1 aromatic heterocycles. The maximum Gasteiger partial charge on any atom is 0.341 e. The summed E-state index contributed by atoms with van der Waals surface area (Å²) in [7, 11) is 2.64. The number of rotatable bonds is 3. The average molecular weight is 244 g/mol. The van der Waals surface area contributed by atoms with Crippen LogP contribution in [0.25, 0.3) is 0 Å². The highest BCUT2D eigenvalue weighted by atomic mass is 35.5. The van der Waals surface area contributed by atoms with Gasteiger partial charge in [0.1, 0.15) is 11.4 Å². The number of pyridine rings is 1. The van der Waals surface area contributed by atoms with Crippen molar-refractivity contribution in [2.24, 2.45) is 7.05 Å². The Labute approximate surface area is 96.6 Å². The zero-order valence-corrected chi connectivity index (χ0v) is 9.58. The minimum atomic E-state index is -0.669. The van der Waals surface area contributed by atoms with Crippen LogP contribution in [0.2, 0.25) is 5.15 Å². The molecule has 86 valence electrons. The Kier molecular flexibility index (Phi) is 3.84. The maximum absolute atomic E-state index is 11.5. The molecule has 0 aromatic carbocycles. The van der Waals surface area contributed by atoms with Gasteiger partial charge in [-0.25, -0.2) is 4.79 Å². The van der Waals surface area contributed by atoms with Crippen molar-refractivity contribution < 1.29 is 14.3 Å². The van der Waals surface area contributed by atoms with Gasteiger partial charge in [-0.2, -0.15) is 0 Å². The molecule has 1 heterocycles. The van der Waals surface area contributed by atoms with Crippen LogP contribution in [-0.4, -0.2) is 23.9 Å². The number of hydrogen-bond donors (Lipinski definition) is 0. The van der Waals surface area contributed by atoms with Gasteiger partial charge >= 0.3 is 5.97 Å². The van der Waals surface area contributed by atoms with Gasteiger partial charge in [-0.15, -0.1) is 0 Å². The molecule has 0 radical (unpaired) electrons. The third-order valence-electron chi connectivity index (χ3n) is 2.14. The van der Waals surface area contributed by atoms with Crippen LogP contribution < -0.4 is 5.56 Å². The number of methoxy groups -OCH3 is 1. The summed E-state index contributed by atoms with van der Waals surface area (Å²) in [4.78, 5) is 33.3. The highest BCUT2D eigenvalue weighted by Crippen LogP contribution is 2.18. The number of halogens is 1. The first-order valence-electron chi connectivity index (χ1n) is 4.43. The van der Waals surface area contributed by atoms with E-state index in [9.17, 15) is 14.4 Å². The summed E-state index contributed by atoms with van der Waals surface area (Å²) < 4.78 is 5.66. The molecule has 0 atom stereocenters. The molecule has 1 aromatic rings. The van der Waals surface area contributed by atoms with E-state index in [1.807, 2.05) is 0 Å². The van der Waals surface area contributed by atoms with E-state index < -0.39 is 5.97 Å². The normalized spacial score (nSPS) is 9.94. The number of hydrogen-bond acceptors (Lipinski definition) is 4. The fourth-order valence-corrected chi connectivity index (χ4v) is 1.56. The van der Waals surface area contributed by atoms with Crippen molar-refractivity contribution in [1.82, 2.24) is 4.57 Å². The van der Waals surface area contributed by atoms with E-state index in [1.54, 1.807) is 0 Å². The molecule has 0 saturated heterocycles. The molecule has 0 amide bonds. The molecular formula is C10H10ClNO4. The van der Waals surface area contributed by atoms with Gasteiger partial charge in [-0.1, -0.05) is 11.6 Å². The fourth-order valence-electron chi connectivity index (χ4n) is 1.28. The molecule has 0 unspecified atom stereocenters. The zero-order valence-electron chi connectivity index (χ0n) is 8.82. The largest absolute Gasteiger partial charge is 0.465 e. The molecule has 0 spiro atoms. The topological polar surface area (TPSA) is 65.4 Å². The lowest BCUT2D eigenvalue weighted by Crippen LogP contribution is -2.22. The van der Waals surface area contributed by atoms with Crippen LogP contribution in [0.5, 0.6) is 0 Å². The van der Waals surface area contributed by atoms with E-state index in [0.29, 0.717) is 6.29 Å². The number of aldehydes is 1. The molecule has 0 fully saturated rings. The number of nitrogens with zero attached hydrogens (tertiary/aromatic N) is 1. The molecule has 0 aliphatic carbocycles. The molecule has 16 heavy (non-hydrogen) atoms. The van der Waals surface area contributed by atoms with Crippen molar-refractivity contribution in [2.75, 3.05) is 7.11 Å². The molecule has 6 heteroatoms. The molecule has 0 bridgehead atoms. The molecule has 5 nitrogen and oxygen atoms in total. The number of ether oxygens (including phenoxy) is 1. The molecule has 0 aliphatic rings. The van der Waals surface area contributed by atoms with Crippen molar-refractivity contribution in [2.45, 2.75) is 6.42 Å². The highest BCUT2D eigenvalue weighted by molar-refractivity contribution is 6.32. The van der Waals surface area contributed by atoms with Crippen LogP contribution in [0.15, 0.2) is 10.9 Å². The van der Waals surface area contributed by atoms with Gasteiger partial charge in [0.2, 0.25) is 0 Å². The van der Waals surface area contributed by atoms with Gasteiger partial charge in [0, 0.05) is 19.5 Å². The number of carbonyl (C=O) groups is 2. The van der Waals surface area contributed by atoms with Gasteiger partial charge in [0.15, 0.2) is 0 Å². The molecule has 1 rings (SSSR count). The Morgan fingerprint density at radius 1 is 1.62 bits per heavy atom. The van der Waals surface area contributed by atoms with E-state index >= 15 is 0 Å². The smallest absolute Gasteiger partial charge is 0.341 e. The van der Waals surface area contributed by atoms with E-state index in [4.69, 9.17) is 11.6 Å². The second-order valence-electron chi connectivity index (χ2n) is 3.10. The second-order valence-corrected chi connectivity index (χ2v) is 3.45. The van der Waals surface area contributed by atoms with Gasteiger partial charge in [0.25, 0.3) is 5.56 Å². The van der Waals surface area contributed by atoms with Crippen LogP contribution in [-0.2, 0) is 23.0 Å². The first kappa shape index (κ1) is 12.4. The SMILES string of the molecule is COC(=O)c1c(CC=O)cc(=O)n(C)c1Cl. The lowest BCUT2D eigenvalue weighted by atomic mass is 10.1. The third-order valence-corrected chi connectivity index (χ3v) is 2.59. The summed E-state index contributed by atoms with van der Waals surface area (Å²) in [6.07, 6.45) is 0.539. The van der Waals surface area contributed by atoms with Gasteiger partial charge in [0.05, 0.1) is 12.7 Å². The lowest BCUT2D eigenvalue weighted by molar-refractivity contribution is -0.107. The summed E-state index contributed by atoms with van der Waals surface area (Å²) in [5.74, 6) is -0.669. The lowest BCUT2D eigenvalue weighted by Gasteiger charge is -2.10. The van der Waals surface area contributed by atoms with Crippen LogP contribution in [0.1, 0.15) is 15.9 Å². The fraction of sp³-hybridized carbons (Fsp3) is 0.300. The Balaban J connectivity index is 3.53. The summed E-state index contributed by atoms with van der Waals surface area (Å²) in [6, 6.07) is 1.20. The standard InChI is InChI=1S/C10H10ClNO4/c1-12-7(14)5-6(3-4-13)8(9(12)11)10(15)16-2/h4-5H,3H2,1-2H3. The molecular weight excluding hydrogens is 234 g/mol. The van der Waals surface area contributed by atoms with Crippen LogP contribution in [0.4, 0.5) is 0 Å². The van der Waals surface area contributed by atoms with Crippen molar-refractivity contribution in [1.29, 1.82) is 0 Å². The Morgan fingerprint density at radius 2 is 2.25 bits per heavy atom. The Hall–Kier alpha value is -1.62. The predicted octanol–water partition coefficient (Wildman–Crippen LogP) is 0.567. The molecule has 0 aliphatic heterocycles. The van der Waals surface area contributed by atoms with Gasteiger partial charge in [-0.3, -0.25) is 4.79 Å². The van der Waals surface area contributed by atoms with Crippen LogP contribution in [0, 0.1) is 0 Å². The monoisotopic (exact) mass is 243 g/mol. The average Bonchev–Trinajstić information content (AvgIpc) is 2.26. The van der Waals surface area contributed by atoms with E-state index in [1.165, 1.54) is 20.2 Å². The van der Waals surface area contributed by atoms with Crippen molar-refractivity contribution in [3.05, 3.63) is 32.7 Å². The first-order chi connectivity index (χ1) is 7.52. The summed E-state index contributed by atoms with van der Waals surface area (Å²) in [5, 5.41) is -0.0313. The highest BCUT2D eigenvalue weighted by Gasteiger charge is 2.19. The Bertz CT molecular complexity index is 492. The molecule has 0 saturated carbocycles. The second kappa shape index (κ2) is 4.94.